The van der Waals surface area contributed by atoms with E-state index in [0.717, 1.165) is 5.39 Å². The zero-order valence-corrected chi connectivity index (χ0v) is 10.9. The van der Waals surface area contributed by atoms with E-state index in [-0.39, 0.29) is 12.3 Å². The fraction of sp³-hybridized carbons (Fsp3) is 0.333. The second-order valence-electron chi connectivity index (χ2n) is 4.79. The monoisotopic (exact) mass is 270 g/mol. The van der Waals surface area contributed by atoms with E-state index in [9.17, 15) is 4.79 Å². The van der Waals surface area contributed by atoms with Gasteiger partial charge in [-0.1, -0.05) is 18.2 Å². The molecular weight excluding hydrogens is 256 g/mol. The number of para-hydroxylation sites is 1. The number of hydrogen-bond donors (Lipinski definition) is 0. The van der Waals surface area contributed by atoms with Crippen molar-refractivity contribution in [2.24, 2.45) is 0 Å². The molecule has 0 bridgehead atoms. The van der Waals surface area contributed by atoms with Crippen molar-refractivity contribution in [1.29, 1.82) is 5.26 Å². The minimum atomic E-state index is -0.447. The molecule has 0 amide bonds. The Labute approximate surface area is 116 Å². The Morgan fingerprint density at radius 2 is 2.30 bits per heavy atom. The number of carbonyl (C=O) groups is 1. The van der Waals surface area contributed by atoms with Gasteiger partial charge in [-0.05, 0) is 6.07 Å². The first-order valence-electron chi connectivity index (χ1n) is 6.51. The summed E-state index contributed by atoms with van der Waals surface area (Å²) >= 11 is 0. The molecule has 0 saturated carbocycles. The van der Waals surface area contributed by atoms with Gasteiger partial charge in [0.05, 0.1) is 24.8 Å². The molecule has 1 unspecified atom stereocenters. The Morgan fingerprint density at radius 1 is 1.45 bits per heavy atom. The van der Waals surface area contributed by atoms with Crippen LogP contribution in [0.25, 0.3) is 11.0 Å². The van der Waals surface area contributed by atoms with Crippen LogP contribution in [0.5, 0.6) is 0 Å². The fourth-order valence-corrected chi connectivity index (χ4v) is 2.41. The van der Waals surface area contributed by atoms with E-state index in [2.05, 4.69) is 6.07 Å². The number of fused-ring (bicyclic) bond motifs is 1. The Bertz CT molecular complexity index is 671. The average Bonchev–Trinajstić information content (AvgIpc) is 2.91. The third-order valence-electron chi connectivity index (χ3n) is 3.44. The van der Waals surface area contributed by atoms with E-state index < -0.39 is 6.10 Å². The van der Waals surface area contributed by atoms with Gasteiger partial charge in [-0.3, -0.25) is 9.69 Å². The zero-order valence-electron chi connectivity index (χ0n) is 10.9. The van der Waals surface area contributed by atoms with Gasteiger partial charge in [0.1, 0.15) is 11.8 Å². The number of ether oxygens (including phenoxy) is 1. The Kier molecular flexibility index (Phi) is 3.50. The number of hydrogen-bond acceptors (Lipinski definition) is 5. The molecule has 1 aliphatic heterocycles. The SMILES string of the molecule is N#CC1CN(CC(=O)c2coc3ccccc23)CCO1. The number of nitriles is 1. The molecule has 20 heavy (non-hydrogen) atoms. The molecule has 1 aromatic heterocycles. The lowest BCUT2D eigenvalue weighted by Crippen LogP contribution is -2.44. The number of nitrogens with zero attached hydrogens (tertiary/aromatic N) is 2. The number of carbonyl (C=O) groups excluding carboxylic acids is 1. The van der Waals surface area contributed by atoms with Crippen molar-refractivity contribution in [1.82, 2.24) is 4.90 Å². The maximum atomic E-state index is 12.4. The highest BCUT2D eigenvalue weighted by molar-refractivity contribution is 6.08. The van der Waals surface area contributed by atoms with Crippen LogP contribution < -0.4 is 0 Å². The van der Waals surface area contributed by atoms with Gasteiger partial charge in [0.2, 0.25) is 0 Å². The van der Waals surface area contributed by atoms with Gasteiger partial charge in [0, 0.05) is 18.5 Å². The average molecular weight is 270 g/mol. The standard InChI is InChI=1S/C15H14N2O3/c16-7-11-8-17(5-6-19-11)9-14(18)13-10-20-15-4-2-1-3-12(13)15/h1-4,10-11H,5-6,8-9H2. The summed E-state index contributed by atoms with van der Waals surface area (Å²) in [5.74, 6) is 0.00791. The van der Waals surface area contributed by atoms with Crippen molar-refractivity contribution in [3.05, 3.63) is 36.1 Å². The number of furan rings is 1. The van der Waals surface area contributed by atoms with Gasteiger partial charge in [0.15, 0.2) is 11.9 Å². The topological polar surface area (TPSA) is 66.5 Å². The summed E-state index contributed by atoms with van der Waals surface area (Å²) in [4.78, 5) is 14.3. The maximum absolute atomic E-state index is 12.4. The summed E-state index contributed by atoms with van der Waals surface area (Å²) in [6, 6.07) is 9.55. The molecule has 0 aliphatic carbocycles. The lowest BCUT2D eigenvalue weighted by atomic mass is 10.1. The molecule has 1 aliphatic rings. The molecule has 0 radical (unpaired) electrons. The molecular formula is C15H14N2O3. The number of ketones is 1. The van der Waals surface area contributed by atoms with Gasteiger partial charge >= 0.3 is 0 Å². The molecule has 0 N–H and O–H groups in total. The van der Waals surface area contributed by atoms with Crippen LogP contribution in [0.15, 0.2) is 34.9 Å². The summed E-state index contributed by atoms with van der Waals surface area (Å²) in [6.07, 6.45) is 1.06. The molecule has 5 nitrogen and oxygen atoms in total. The summed E-state index contributed by atoms with van der Waals surface area (Å²) in [5.41, 5.74) is 1.31. The van der Waals surface area contributed by atoms with E-state index in [1.165, 1.54) is 6.26 Å². The van der Waals surface area contributed by atoms with Crippen LogP contribution >= 0.6 is 0 Å². The molecule has 5 heteroatoms. The van der Waals surface area contributed by atoms with E-state index >= 15 is 0 Å². The van der Waals surface area contributed by atoms with E-state index in [1.807, 2.05) is 29.2 Å². The normalized spacial score (nSPS) is 19.9. The van der Waals surface area contributed by atoms with Gasteiger partial charge < -0.3 is 9.15 Å². The lowest BCUT2D eigenvalue weighted by molar-refractivity contribution is 0.00242. The van der Waals surface area contributed by atoms with Crippen molar-refractivity contribution >= 4 is 16.8 Å². The zero-order chi connectivity index (χ0) is 13.9. The molecule has 2 aromatic rings. The summed E-state index contributed by atoms with van der Waals surface area (Å²) < 4.78 is 10.7. The number of benzene rings is 1. The summed E-state index contributed by atoms with van der Waals surface area (Å²) in [6.45, 7) is 1.90. The predicted octanol–water partition coefficient (Wildman–Crippen LogP) is 1.84. The van der Waals surface area contributed by atoms with E-state index in [4.69, 9.17) is 14.4 Å². The van der Waals surface area contributed by atoms with Crippen molar-refractivity contribution in [2.75, 3.05) is 26.2 Å². The number of rotatable bonds is 3. The van der Waals surface area contributed by atoms with Gasteiger partial charge in [-0.2, -0.15) is 5.26 Å². The highest BCUT2D eigenvalue weighted by Gasteiger charge is 2.23. The third kappa shape index (κ3) is 2.44. The van der Waals surface area contributed by atoms with Crippen LogP contribution in [0.3, 0.4) is 0 Å². The third-order valence-corrected chi connectivity index (χ3v) is 3.44. The molecule has 0 spiro atoms. The highest BCUT2D eigenvalue weighted by Crippen LogP contribution is 2.21. The summed E-state index contributed by atoms with van der Waals surface area (Å²) in [5, 5.41) is 9.70. The number of morpholine rings is 1. The molecule has 3 rings (SSSR count). The molecule has 1 saturated heterocycles. The smallest absolute Gasteiger partial charge is 0.180 e. The van der Waals surface area contributed by atoms with Crippen molar-refractivity contribution in [3.8, 4) is 6.07 Å². The highest BCUT2D eigenvalue weighted by atomic mass is 16.5. The van der Waals surface area contributed by atoms with Crippen LogP contribution in [0.2, 0.25) is 0 Å². The Hall–Kier alpha value is -2.16. The minimum absolute atomic E-state index is 0.00791. The van der Waals surface area contributed by atoms with Crippen LogP contribution in [-0.4, -0.2) is 43.0 Å². The van der Waals surface area contributed by atoms with Crippen LogP contribution in [0.1, 0.15) is 10.4 Å². The molecule has 1 fully saturated rings. The molecule has 1 aromatic carbocycles. The largest absolute Gasteiger partial charge is 0.464 e. The molecule has 102 valence electrons. The Morgan fingerprint density at radius 3 is 3.15 bits per heavy atom. The quantitative estimate of drug-likeness (QED) is 0.796. The molecule has 1 atom stereocenters. The molecule has 2 heterocycles. The van der Waals surface area contributed by atoms with Gasteiger partial charge in [-0.25, -0.2) is 0 Å². The van der Waals surface area contributed by atoms with Crippen molar-refractivity contribution < 1.29 is 13.9 Å². The van der Waals surface area contributed by atoms with Crippen LogP contribution in [0, 0.1) is 11.3 Å². The fourth-order valence-electron chi connectivity index (χ4n) is 2.41. The maximum Gasteiger partial charge on any atom is 0.180 e. The van der Waals surface area contributed by atoms with E-state index in [0.29, 0.717) is 30.8 Å². The first kappa shape index (κ1) is 12.9. The first-order chi connectivity index (χ1) is 9.78. The Balaban J connectivity index is 1.75. The van der Waals surface area contributed by atoms with E-state index in [1.54, 1.807) is 0 Å². The van der Waals surface area contributed by atoms with Crippen LogP contribution in [0.4, 0.5) is 0 Å². The first-order valence-corrected chi connectivity index (χ1v) is 6.51. The number of Topliss-reactive ketones (excluding diaryl/α,β-unsaturated/α-hetero) is 1. The predicted molar refractivity (Wildman–Crippen MR) is 72.3 cm³/mol. The minimum Gasteiger partial charge on any atom is -0.464 e. The lowest BCUT2D eigenvalue weighted by Gasteiger charge is -2.28. The summed E-state index contributed by atoms with van der Waals surface area (Å²) in [7, 11) is 0. The van der Waals surface area contributed by atoms with Gasteiger partial charge in [0.25, 0.3) is 0 Å². The second-order valence-corrected chi connectivity index (χ2v) is 4.79. The van der Waals surface area contributed by atoms with Crippen LogP contribution in [-0.2, 0) is 4.74 Å². The van der Waals surface area contributed by atoms with Gasteiger partial charge in [-0.15, -0.1) is 0 Å². The second kappa shape index (κ2) is 5.45. The van der Waals surface area contributed by atoms with Crippen molar-refractivity contribution in [3.63, 3.8) is 0 Å². The van der Waals surface area contributed by atoms with Crippen molar-refractivity contribution in [2.45, 2.75) is 6.10 Å².